The van der Waals surface area contributed by atoms with Crippen molar-refractivity contribution < 1.29 is 17.9 Å². The van der Waals surface area contributed by atoms with Crippen molar-refractivity contribution in [3.63, 3.8) is 0 Å². The average Bonchev–Trinajstić information content (AvgIpc) is 2.29. The second-order valence-corrected chi connectivity index (χ2v) is 3.08. The molecule has 0 saturated heterocycles. The van der Waals surface area contributed by atoms with E-state index in [9.17, 15) is 13.2 Å². The predicted octanol–water partition coefficient (Wildman–Crippen LogP) is 2.27. The summed E-state index contributed by atoms with van der Waals surface area (Å²) in [5.74, 6) is -3.96. The van der Waals surface area contributed by atoms with E-state index in [0.717, 1.165) is 6.20 Å². The molecule has 0 atom stereocenters. The molecule has 0 bridgehead atoms. The lowest BCUT2D eigenvalue weighted by atomic mass is 10.3. The van der Waals surface area contributed by atoms with Crippen molar-refractivity contribution in [2.24, 2.45) is 0 Å². The topological polar surface area (TPSA) is 61.0 Å². The van der Waals surface area contributed by atoms with Crippen LogP contribution < -0.4 is 10.5 Å². The maximum absolute atomic E-state index is 13.2. The van der Waals surface area contributed by atoms with Gasteiger partial charge >= 0.3 is 0 Å². The van der Waals surface area contributed by atoms with Gasteiger partial charge in [-0.05, 0) is 0 Å². The van der Waals surface area contributed by atoms with Gasteiger partial charge in [-0.15, -0.1) is 0 Å². The minimum absolute atomic E-state index is 0.0795. The number of nitrogens with zero attached hydrogens (tertiary/aromatic N) is 2. The third-order valence-corrected chi connectivity index (χ3v) is 1.84. The number of nitrogens with two attached hydrogens (primary N) is 1. The maximum Gasteiger partial charge on any atom is 0.238 e. The van der Waals surface area contributed by atoms with Crippen molar-refractivity contribution >= 4 is 5.82 Å². The molecule has 2 N–H and O–H groups in total. The van der Waals surface area contributed by atoms with Crippen LogP contribution in [-0.4, -0.2) is 9.97 Å². The van der Waals surface area contributed by atoms with Crippen molar-refractivity contribution in [2.75, 3.05) is 5.73 Å². The van der Waals surface area contributed by atoms with Crippen molar-refractivity contribution in [3.05, 3.63) is 42.0 Å². The van der Waals surface area contributed by atoms with Gasteiger partial charge in [0.2, 0.25) is 5.88 Å². The van der Waals surface area contributed by atoms with Crippen molar-refractivity contribution in [3.8, 4) is 11.6 Å². The fourth-order valence-corrected chi connectivity index (χ4v) is 1.07. The van der Waals surface area contributed by atoms with Crippen molar-refractivity contribution in [1.82, 2.24) is 9.97 Å². The lowest BCUT2D eigenvalue weighted by molar-refractivity contribution is 0.409. The van der Waals surface area contributed by atoms with Gasteiger partial charge in [-0.1, -0.05) is 0 Å². The zero-order valence-electron chi connectivity index (χ0n) is 8.32. The Morgan fingerprint density at radius 3 is 2.29 bits per heavy atom. The van der Waals surface area contributed by atoms with Crippen LogP contribution in [0.1, 0.15) is 0 Å². The van der Waals surface area contributed by atoms with E-state index in [4.69, 9.17) is 10.5 Å². The molecule has 0 unspecified atom stereocenters. The first-order valence-corrected chi connectivity index (χ1v) is 4.46. The fourth-order valence-electron chi connectivity index (χ4n) is 1.07. The lowest BCUT2D eigenvalue weighted by Gasteiger charge is -2.05. The molecule has 2 aromatic rings. The van der Waals surface area contributed by atoms with Gasteiger partial charge in [0, 0.05) is 12.1 Å². The molecule has 0 spiro atoms. The highest BCUT2D eigenvalue weighted by Crippen LogP contribution is 2.24. The summed E-state index contributed by atoms with van der Waals surface area (Å²) >= 11 is 0. The summed E-state index contributed by atoms with van der Waals surface area (Å²) in [6.07, 6.45) is 2.32. The van der Waals surface area contributed by atoms with E-state index in [2.05, 4.69) is 9.97 Å². The van der Waals surface area contributed by atoms with Gasteiger partial charge in [-0.3, -0.25) is 0 Å². The normalized spacial score (nSPS) is 10.3. The Labute approximate surface area is 93.9 Å². The Kier molecular flexibility index (Phi) is 2.82. The molecule has 1 aromatic heterocycles. The number of hydrogen-bond donors (Lipinski definition) is 1. The Bertz CT molecular complexity index is 545. The van der Waals surface area contributed by atoms with Crippen molar-refractivity contribution in [2.45, 2.75) is 0 Å². The van der Waals surface area contributed by atoms with Crippen LogP contribution in [-0.2, 0) is 0 Å². The molecule has 88 valence electrons. The molecule has 7 heteroatoms. The first kappa shape index (κ1) is 11.2. The van der Waals surface area contributed by atoms with Crippen LogP contribution in [0.15, 0.2) is 24.5 Å². The average molecular weight is 241 g/mol. The first-order chi connectivity index (χ1) is 8.06. The predicted molar refractivity (Wildman–Crippen MR) is 52.8 cm³/mol. The monoisotopic (exact) mass is 241 g/mol. The van der Waals surface area contributed by atoms with Crippen LogP contribution in [0.2, 0.25) is 0 Å². The quantitative estimate of drug-likeness (QED) is 0.819. The molecule has 1 heterocycles. The molecule has 2 rings (SSSR count). The molecule has 0 aliphatic heterocycles. The molecular formula is C10H6F3N3O. The molecule has 17 heavy (non-hydrogen) atoms. The minimum atomic E-state index is -1.29. The summed E-state index contributed by atoms with van der Waals surface area (Å²) in [7, 11) is 0. The number of hydrogen-bond acceptors (Lipinski definition) is 4. The number of rotatable bonds is 2. The zero-order valence-corrected chi connectivity index (χ0v) is 8.32. The second-order valence-electron chi connectivity index (χ2n) is 3.08. The van der Waals surface area contributed by atoms with Crippen LogP contribution in [0.5, 0.6) is 11.6 Å². The largest absolute Gasteiger partial charge is 0.434 e. The molecule has 0 saturated carbocycles. The standard InChI is InChI=1S/C10H6F3N3O/c11-5-1-7(13)8(2-6(5)12)17-10-4-15-9(14)3-16-10/h1-4H,(H2,14,15). The SMILES string of the molecule is Nc1cnc(Oc2cc(F)c(F)cc2F)cn1. The molecular weight excluding hydrogens is 235 g/mol. The summed E-state index contributed by atoms with van der Waals surface area (Å²) in [6, 6.07) is 0.970. The van der Waals surface area contributed by atoms with Crippen LogP contribution in [0.3, 0.4) is 0 Å². The number of aromatic nitrogens is 2. The van der Waals surface area contributed by atoms with Gasteiger partial charge in [0.15, 0.2) is 23.2 Å². The van der Waals surface area contributed by atoms with E-state index in [1.165, 1.54) is 6.20 Å². The van der Waals surface area contributed by atoms with E-state index in [1.54, 1.807) is 0 Å². The summed E-state index contributed by atoms with van der Waals surface area (Å²) in [5, 5.41) is 0. The first-order valence-electron chi connectivity index (χ1n) is 4.46. The van der Waals surface area contributed by atoms with Crippen LogP contribution >= 0.6 is 0 Å². The molecule has 0 fully saturated rings. The van der Waals surface area contributed by atoms with Crippen LogP contribution in [0.25, 0.3) is 0 Å². The second kappa shape index (κ2) is 4.28. The van der Waals surface area contributed by atoms with E-state index in [0.29, 0.717) is 12.1 Å². The maximum atomic E-state index is 13.2. The molecule has 4 nitrogen and oxygen atoms in total. The van der Waals surface area contributed by atoms with Gasteiger partial charge in [-0.2, -0.15) is 0 Å². The third-order valence-electron chi connectivity index (χ3n) is 1.84. The van der Waals surface area contributed by atoms with Gasteiger partial charge in [0.25, 0.3) is 0 Å². The van der Waals surface area contributed by atoms with E-state index >= 15 is 0 Å². The molecule has 0 amide bonds. The Balaban J connectivity index is 2.30. The van der Waals surface area contributed by atoms with Gasteiger partial charge < -0.3 is 10.5 Å². The summed E-state index contributed by atoms with van der Waals surface area (Å²) < 4.78 is 43.6. The van der Waals surface area contributed by atoms with Crippen LogP contribution in [0.4, 0.5) is 19.0 Å². The molecule has 0 radical (unpaired) electrons. The number of ether oxygens (including phenoxy) is 1. The number of benzene rings is 1. The third kappa shape index (κ3) is 2.44. The fraction of sp³-hybridized carbons (Fsp3) is 0. The lowest BCUT2D eigenvalue weighted by Crippen LogP contribution is -1.96. The number of halogens is 3. The van der Waals surface area contributed by atoms with E-state index in [-0.39, 0.29) is 11.7 Å². The summed E-state index contributed by atoms with van der Waals surface area (Å²) in [5.41, 5.74) is 5.28. The van der Waals surface area contributed by atoms with Crippen LogP contribution in [0, 0.1) is 17.5 Å². The highest BCUT2D eigenvalue weighted by Gasteiger charge is 2.12. The highest BCUT2D eigenvalue weighted by atomic mass is 19.2. The van der Waals surface area contributed by atoms with E-state index < -0.39 is 23.2 Å². The Morgan fingerprint density at radius 2 is 1.65 bits per heavy atom. The Hall–Kier alpha value is -2.31. The van der Waals surface area contributed by atoms with E-state index in [1.807, 2.05) is 0 Å². The smallest absolute Gasteiger partial charge is 0.238 e. The van der Waals surface area contributed by atoms with Gasteiger partial charge in [-0.25, -0.2) is 23.1 Å². The van der Waals surface area contributed by atoms with Gasteiger partial charge in [0.1, 0.15) is 5.82 Å². The number of nitrogen functional groups attached to an aromatic ring is 1. The summed E-state index contributed by atoms with van der Waals surface area (Å²) in [6.45, 7) is 0. The molecule has 0 aliphatic rings. The minimum Gasteiger partial charge on any atom is -0.434 e. The highest BCUT2D eigenvalue weighted by molar-refractivity contribution is 5.31. The number of anilines is 1. The van der Waals surface area contributed by atoms with Crippen molar-refractivity contribution in [1.29, 1.82) is 0 Å². The van der Waals surface area contributed by atoms with Gasteiger partial charge in [0.05, 0.1) is 12.4 Å². The molecule has 0 aliphatic carbocycles. The Morgan fingerprint density at radius 1 is 0.941 bits per heavy atom. The summed E-state index contributed by atoms with van der Waals surface area (Å²) in [4.78, 5) is 7.32. The zero-order chi connectivity index (χ0) is 12.4. The molecule has 1 aromatic carbocycles.